The van der Waals surface area contributed by atoms with E-state index in [4.69, 9.17) is 24.1 Å². The van der Waals surface area contributed by atoms with Gasteiger partial charge in [-0.15, -0.1) is 0 Å². The molecular weight excluding hydrogens is 624 g/mol. The van der Waals surface area contributed by atoms with Crippen LogP contribution in [0.15, 0.2) is 12.7 Å². The molecule has 286 valence electrons. The van der Waals surface area contributed by atoms with Gasteiger partial charge in [0.05, 0.1) is 35.7 Å². The molecule has 0 aromatic heterocycles. The van der Waals surface area contributed by atoms with Gasteiger partial charge in [-0.3, -0.25) is 24.0 Å². The Balaban J connectivity index is -0.000000136. The van der Waals surface area contributed by atoms with E-state index >= 15 is 0 Å². The standard InChI is InChI=1S/C12H20O6.C11H18O4.C10H20O2.3CH4/c1-4-12(2,3)11(16)18-8-7-17-10(15)6-5-9(13)14;1-5-9(12)14-7-8-15-10(13)11(3,4)6-2;1-5-7-8-12-9(11)10(3,4)6-2;;;/h4-8H2,1-3H3,(H,13,14);5H,1,6-8H2,2-4H3;5-8H2,1-4H3;3*1H4. The van der Waals surface area contributed by atoms with Crippen molar-refractivity contribution in [1.29, 1.82) is 0 Å². The molecule has 0 heterocycles. The van der Waals surface area contributed by atoms with Crippen molar-refractivity contribution in [2.24, 2.45) is 16.2 Å². The fourth-order valence-corrected chi connectivity index (χ4v) is 2.23. The minimum absolute atomic E-state index is 0. The smallest absolute Gasteiger partial charge is 0.330 e. The Morgan fingerprint density at radius 2 is 0.896 bits per heavy atom. The van der Waals surface area contributed by atoms with Gasteiger partial charge in [0.2, 0.25) is 0 Å². The second-order valence-electron chi connectivity index (χ2n) is 12.0. The van der Waals surface area contributed by atoms with Crippen LogP contribution in [0.25, 0.3) is 0 Å². The van der Waals surface area contributed by atoms with Gasteiger partial charge < -0.3 is 28.8 Å². The minimum Gasteiger partial charge on any atom is -0.481 e. The van der Waals surface area contributed by atoms with Gasteiger partial charge in [0, 0.05) is 6.08 Å². The van der Waals surface area contributed by atoms with Crippen molar-refractivity contribution >= 4 is 35.8 Å². The van der Waals surface area contributed by atoms with E-state index in [0.717, 1.165) is 25.3 Å². The van der Waals surface area contributed by atoms with Gasteiger partial charge in [0.15, 0.2) is 0 Å². The number of hydrogen-bond donors (Lipinski definition) is 1. The number of carbonyl (C=O) groups excluding carboxylic acids is 5. The normalized spacial score (nSPS) is 10.2. The minimum atomic E-state index is -1.05. The first-order valence-corrected chi connectivity index (χ1v) is 15.5. The molecule has 12 nitrogen and oxygen atoms in total. The Labute approximate surface area is 291 Å². The first-order valence-electron chi connectivity index (χ1n) is 15.5. The van der Waals surface area contributed by atoms with E-state index in [1.54, 1.807) is 13.8 Å². The fourth-order valence-electron chi connectivity index (χ4n) is 2.23. The predicted molar refractivity (Wildman–Crippen MR) is 189 cm³/mol. The van der Waals surface area contributed by atoms with Crippen molar-refractivity contribution in [3.8, 4) is 0 Å². The summed E-state index contributed by atoms with van der Waals surface area (Å²) in [6, 6.07) is 0. The number of unbranched alkanes of at least 4 members (excludes halogenated alkanes) is 1. The number of rotatable bonds is 19. The Morgan fingerprint density at radius 3 is 1.21 bits per heavy atom. The molecule has 48 heavy (non-hydrogen) atoms. The summed E-state index contributed by atoms with van der Waals surface area (Å²) in [5, 5.41) is 8.35. The molecule has 0 atom stereocenters. The monoisotopic (exact) mass is 694 g/mol. The summed E-state index contributed by atoms with van der Waals surface area (Å²) in [6.07, 6.45) is 4.86. The van der Waals surface area contributed by atoms with Crippen LogP contribution in [-0.2, 0) is 52.5 Å². The topological polar surface area (TPSA) is 169 Å². The number of carboxylic acid groups (broad SMARTS) is 1. The highest BCUT2D eigenvalue weighted by Gasteiger charge is 2.28. The molecule has 12 heteroatoms. The van der Waals surface area contributed by atoms with E-state index in [0.29, 0.717) is 19.4 Å². The lowest BCUT2D eigenvalue weighted by atomic mass is 9.91. The third-order valence-corrected chi connectivity index (χ3v) is 6.89. The molecule has 1 N–H and O–H groups in total. The van der Waals surface area contributed by atoms with Crippen LogP contribution in [0.1, 0.15) is 136 Å². The predicted octanol–water partition coefficient (Wildman–Crippen LogP) is 7.74. The number of carbonyl (C=O) groups is 6. The van der Waals surface area contributed by atoms with Crippen LogP contribution in [0.4, 0.5) is 0 Å². The molecule has 0 aliphatic heterocycles. The third kappa shape index (κ3) is 29.9. The molecule has 0 unspecified atom stereocenters. The summed E-state index contributed by atoms with van der Waals surface area (Å²) in [6.45, 7) is 22.8. The summed E-state index contributed by atoms with van der Waals surface area (Å²) in [5.74, 6) is -2.86. The quantitative estimate of drug-likeness (QED) is 0.0605. The first-order chi connectivity index (χ1) is 20.8. The van der Waals surface area contributed by atoms with E-state index in [2.05, 4.69) is 18.2 Å². The molecule has 0 aliphatic carbocycles. The molecule has 0 saturated heterocycles. The Hall–Kier alpha value is -3.44. The number of esters is 5. The van der Waals surface area contributed by atoms with Crippen molar-refractivity contribution < 1.29 is 57.6 Å². The molecule has 0 aliphatic rings. The summed E-state index contributed by atoms with van der Waals surface area (Å²) in [5.41, 5.74) is -1.34. The van der Waals surface area contributed by atoms with Crippen molar-refractivity contribution in [2.75, 3.05) is 33.0 Å². The van der Waals surface area contributed by atoms with Gasteiger partial charge in [-0.1, -0.05) is 63.0 Å². The lowest BCUT2D eigenvalue weighted by molar-refractivity contribution is -0.159. The third-order valence-electron chi connectivity index (χ3n) is 6.89. The van der Waals surface area contributed by atoms with E-state index in [1.807, 2.05) is 48.5 Å². The SMILES string of the molecule is C.C.C.C=CC(=O)OCCOC(=O)C(C)(C)CC.CCC(C)(C)C(=O)OCCOC(=O)CCC(=O)O.CCCCOC(=O)C(C)(C)CC. The van der Waals surface area contributed by atoms with E-state index in [9.17, 15) is 28.8 Å². The van der Waals surface area contributed by atoms with Crippen molar-refractivity contribution in [1.82, 2.24) is 0 Å². The van der Waals surface area contributed by atoms with Crippen LogP contribution in [-0.4, -0.2) is 74.0 Å². The summed E-state index contributed by atoms with van der Waals surface area (Å²) < 4.78 is 24.3. The molecule has 0 amide bonds. The average Bonchev–Trinajstić information content (AvgIpc) is 3.00. The Bertz CT molecular complexity index is 920. The lowest BCUT2D eigenvalue weighted by Gasteiger charge is -2.20. The zero-order chi connectivity index (χ0) is 35.7. The average molecular weight is 695 g/mol. The maximum absolute atomic E-state index is 11.5. The highest BCUT2D eigenvalue weighted by molar-refractivity contribution is 5.81. The molecule has 0 aromatic carbocycles. The van der Waals surface area contributed by atoms with Crippen molar-refractivity contribution in [3.05, 3.63) is 12.7 Å². The van der Waals surface area contributed by atoms with E-state index in [-0.39, 0.29) is 84.9 Å². The summed E-state index contributed by atoms with van der Waals surface area (Å²) in [4.78, 5) is 66.1. The molecule has 0 fully saturated rings. The van der Waals surface area contributed by atoms with Crippen LogP contribution in [0, 0.1) is 16.2 Å². The molecular formula is C36H70O12. The Kier molecular flexibility index (Phi) is 36.6. The van der Waals surface area contributed by atoms with Crippen molar-refractivity contribution in [3.63, 3.8) is 0 Å². The highest BCUT2D eigenvalue weighted by Crippen LogP contribution is 2.22. The number of aliphatic carboxylic acids is 1. The summed E-state index contributed by atoms with van der Waals surface area (Å²) in [7, 11) is 0. The van der Waals surface area contributed by atoms with Gasteiger partial charge in [-0.05, 0) is 67.2 Å². The van der Waals surface area contributed by atoms with Gasteiger partial charge in [-0.25, -0.2) is 4.79 Å². The molecule has 0 bridgehead atoms. The van der Waals surface area contributed by atoms with Crippen LogP contribution in [0.2, 0.25) is 0 Å². The van der Waals surface area contributed by atoms with E-state index < -0.39 is 28.7 Å². The van der Waals surface area contributed by atoms with Crippen LogP contribution in [0.5, 0.6) is 0 Å². The molecule has 0 radical (unpaired) electrons. The zero-order valence-corrected chi connectivity index (χ0v) is 29.2. The fraction of sp³-hybridized carbons (Fsp3) is 0.778. The maximum atomic E-state index is 11.5. The highest BCUT2D eigenvalue weighted by atomic mass is 16.6. The largest absolute Gasteiger partial charge is 0.481 e. The van der Waals surface area contributed by atoms with Crippen LogP contribution in [0.3, 0.4) is 0 Å². The summed E-state index contributed by atoms with van der Waals surface area (Å²) >= 11 is 0. The number of hydrogen-bond acceptors (Lipinski definition) is 11. The van der Waals surface area contributed by atoms with E-state index in [1.165, 1.54) is 0 Å². The number of carboxylic acids is 1. The van der Waals surface area contributed by atoms with Crippen LogP contribution >= 0.6 is 0 Å². The van der Waals surface area contributed by atoms with Gasteiger partial charge in [-0.2, -0.15) is 0 Å². The zero-order valence-electron chi connectivity index (χ0n) is 29.2. The molecule has 0 rings (SSSR count). The van der Waals surface area contributed by atoms with Crippen LogP contribution < -0.4 is 0 Å². The second-order valence-corrected chi connectivity index (χ2v) is 12.0. The van der Waals surface area contributed by atoms with Gasteiger partial charge in [0.1, 0.15) is 26.4 Å². The molecule has 0 saturated carbocycles. The lowest BCUT2D eigenvalue weighted by Crippen LogP contribution is -2.27. The number of ether oxygens (including phenoxy) is 5. The Morgan fingerprint density at radius 1 is 0.562 bits per heavy atom. The maximum Gasteiger partial charge on any atom is 0.330 e. The first kappa shape index (κ1) is 56.9. The van der Waals surface area contributed by atoms with Gasteiger partial charge >= 0.3 is 35.8 Å². The van der Waals surface area contributed by atoms with Crippen molar-refractivity contribution in [2.45, 2.75) is 136 Å². The van der Waals surface area contributed by atoms with Gasteiger partial charge in [0.25, 0.3) is 0 Å². The molecule has 0 spiro atoms. The second kappa shape index (κ2) is 30.9. The molecule has 0 aromatic rings.